The average molecular weight is 343 g/mol. The maximum absolute atomic E-state index is 12.3. The first-order valence-corrected chi connectivity index (χ1v) is 9.78. The summed E-state index contributed by atoms with van der Waals surface area (Å²) in [4.78, 5) is 16.1. The third kappa shape index (κ3) is 4.60. The lowest BCUT2D eigenvalue weighted by Crippen LogP contribution is -2.29. The van der Waals surface area contributed by atoms with Crippen LogP contribution < -0.4 is 10.2 Å². The number of nitrogens with one attached hydrogen (secondary N) is 1. The monoisotopic (exact) mass is 342 g/mol. The molecule has 4 heteroatoms. The summed E-state index contributed by atoms with van der Waals surface area (Å²) in [7, 11) is 0. The molecule has 1 unspecified atom stereocenters. The highest BCUT2D eigenvalue weighted by Gasteiger charge is 2.14. The molecule has 0 radical (unpaired) electrons. The van der Waals surface area contributed by atoms with Crippen LogP contribution in [0.15, 0.2) is 41.8 Å². The van der Waals surface area contributed by atoms with Crippen LogP contribution in [0.5, 0.6) is 0 Å². The molecule has 1 fully saturated rings. The summed E-state index contributed by atoms with van der Waals surface area (Å²) >= 11 is 1.76. The minimum Gasteiger partial charge on any atom is -0.372 e. The number of hydrogen-bond donors (Lipinski definition) is 1. The van der Waals surface area contributed by atoms with Gasteiger partial charge in [0.1, 0.15) is 0 Å². The quantitative estimate of drug-likeness (QED) is 0.806. The highest BCUT2D eigenvalue weighted by Crippen LogP contribution is 2.22. The van der Waals surface area contributed by atoms with Crippen molar-refractivity contribution in [3.63, 3.8) is 0 Å². The number of nitrogens with zero attached hydrogens (tertiary/aromatic N) is 1. The highest BCUT2D eigenvalue weighted by molar-refractivity contribution is 7.09. The van der Waals surface area contributed by atoms with Crippen LogP contribution in [0.25, 0.3) is 0 Å². The molecule has 1 aromatic carbocycles. The first kappa shape index (κ1) is 17.0. The van der Waals surface area contributed by atoms with Crippen molar-refractivity contribution < 1.29 is 4.79 Å². The van der Waals surface area contributed by atoms with E-state index in [0.29, 0.717) is 0 Å². The fourth-order valence-corrected chi connectivity index (χ4v) is 3.84. The van der Waals surface area contributed by atoms with Crippen LogP contribution in [0.1, 0.15) is 37.5 Å². The van der Waals surface area contributed by atoms with Crippen LogP contribution in [0.2, 0.25) is 0 Å². The number of amides is 1. The molecule has 0 saturated carbocycles. The smallest absolute Gasteiger partial charge is 0.227 e. The van der Waals surface area contributed by atoms with Crippen LogP contribution in [-0.2, 0) is 11.2 Å². The lowest BCUT2D eigenvalue weighted by molar-refractivity contribution is -0.119. The van der Waals surface area contributed by atoms with E-state index < -0.39 is 0 Å². The van der Waals surface area contributed by atoms with Crippen molar-refractivity contribution in [2.75, 3.05) is 23.3 Å². The van der Waals surface area contributed by atoms with Gasteiger partial charge >= 0.3 is 0 Å². The normalized spacial score (nSPS) is 16.0. The van der Waals surface area contributed by atoms with Crippen molar-refractivity contribution in [2.24, 2.45) is 5.92 Å². The summed E-state index contributed by atoms with van der Waals surface area (Å²) < 4.78 is 0. The third-order valence-corrected chi connectivity index (χ3v) is 5.64. The van der Waals surface area contributed by atoms with Crippen LogP contribution in [0, 0.1) is 5.92 Å². The molecule has 2 heterocycles. The molecule has 0 spiro atoms. The maximum Gasteiger partial charge on any atom is 0.227 e. The summed E-state index contributed by atoms with van der Waals surface area (Å²) in [6, 6.07) is 12.5. The SMILES string of the molecule is CC(CCc1cccs1)C(=O)Nc1ccc(N2CCCCC2)cc1. The van der Waals surface area contributed by atoms with Gasteiger partial charge in [-0.1, -0.05) is 13.0 Å². The van der Waals surface area contributed by atoms with E-state index in [9.17, 15) is 4.79 Å². The Morgan fingerprint density at radius 3 is 2.58 bits per heavy atom. The zero-order valence-corrected chi connectivity index (χ0v) is 15.1. The first-order chi connectivity index (χ1) is 11.7. The minimum atomic E-state index is 0.0221. The van der Waals surface area contributed by atoms with Gasteiger partial charge in [0, 0.05) is 35.3 Å². The van der Waals surface area contributed by atoms with Crippen molar-refractivity contribution >= 4 is 28.6 Å². The molecule has 1 aliphatic rings. The molecule has 1 aromatic heterocycles. The summed E-state index contributed by atoms with van der Waals surface area (Å²) in [5, 5.41) is 5.14. The van der Waals surface area contributed by atoms with Crippen molar-refractivity contribution in [2.45, 2.75) is 39.0 Å². The molecule has 0 aliphatic carbocycles. The summed E-state index contributed by atoms with van der Waals surface area (Å²) in [5.41, 5.74) is 2.15. The number of carbonyl (C=O) groups is 1. The van der Waals surface area contributed by atoms with E-state index in [1.807, 2.05) is 19.1 Å². The molecule has 1 aliphatic heterocycles. The Balaban J connectivity index is 1.50. The number of aryl methyl sites for hydroxylation is 1. The van der Waals surface area contributed by atoms with E-state index in [1.165, 1.54) is 29.8 Å². The predicted octanol–water partition coefficient (Wildman–Crippen LogP) is 4.95. The Labute approximate surface area is 148 Å². The zero-order chi connectivity index (χ0) is 16.8. The Kier molecular flexibility index (Phi) is 5.91. The van der Waals surface area contributed by atoms with E-state index in [0.717, 1.165) is 31.6 Å². The molecule has 3 rings (SSSR count). The van der Waals surface area contributed by atoms with Crippen LogP contribution in [0.3, 0.4) is 0 Å². The molecular formula is C20H26N2OS. The Morgan fingerprint density at radius 1 is 1.17 bits per heavy atom. The number of benzene rings is 1. The number of hydrogen-bond acceptors (Lipinski definition) is 3. The van der Waals surface area contributed by atoms with E-state index >= 15 is 0 Å². The number of rotatable bonds is 6. The lowest BCUT2D eigenvalue weighted by Gasteiger charge is -2.28. The van der Waals surface area contributed by atoms with Gasteiger partial charge in [0.2, 0.25) is 5.91 Å². The summed E-state index contributed by atoms with van der Waals surface area (Å²) in [6.07, 6.45) is 5.76. The molecule has 1 saturated heterocycles. The third-order valence-electron chi connectivity index (χ3n) is 4.71. The van der Waals surface area contributed by atoms with Crippen LogP contribution >= 0.6 is 11.3 Å². The summed E-state index contributed by atoms with van der Waals surface area (Å²) in [6.45, 7) is 4.29. The van der Waals surface area contributed by atoms with Gasteiger partial charge in [-0.25, -0.2) is 0 Å². The second-order valence-electron chi connectivity index (χ2n) is 6.60. The lowest BCUT2D eigenvalue weighted by atomic mass is 10.0. The molecule has 1 amide bonds. The van der Waals surface area contributed by atoms with Gasteiger partial charge in [-0.15, -0.1) is 11.3 Å². The van der Waals surface area contributed by atoms with Gasteiger partial charge in [-0.2, -0.15) is 0 Å². The minimum absolute atomic E-state index is 0.0221. The van der Waals surface area contributed by atoms with Crippen molar-refractivity contribution in [1.82, 2.24) is 0 Å². The van der Waals surface area contributed by atoms with Crippen LogP contribution in [-0.4, -0.2) is 19.0 Å². The number of piperidine rings is 1. The van der Waals surface area contributed by atoms with Crippen molar-refractivity contribution in [3.05, 3.63) is 46.7 Å². The largest absolute Gasteiger partial charge is 0.372 e. The number of anilines is 2. The van der Waals surface area contributed by atoms with E-state index in [2.05, 4.69) is 39.9 Å². The van der Waals surface area contributed by atoms with Gasteiger partial charge in [0.25, 0.3) is 0 Å². The Morgan fingerprint density at radius 2 is 1.92 bits per heavy atom. The first-order valence-electron chi connectivity index (χ1n) is 8.90. The van der Waals surface area contributed by atoms with Gasteiger partial charge in [0.15, 0.2) is 0 Å². The molecule has 24 heavy (non-hydrogen) atoms. The Bertz CT molecular complexity index is 630. The average Bonchev–Trinajstić information content (AvgIpc) is 3.14. The second-order valence-corrected chi connectivity index (χ2v) is 7.64. The molecule has 128 valence electrons. The standard InChI is InChI=1S/C20H26N2OS/c1-16(7-12-19-6-5-15-24-19)20(23)21-17-8-10-18(11-9-17)22-13-3-2-4-14-22/h5-6,8-11,15-16H,2-4,7,12-14H2,1H3,(H,21,23). The predicted molar refractivity (Wildman–Crippen MR) is 103 cm³/mol. The van der Waals surface area contributed by atoms with E-state index in [-0.39, 0.29) is 11.8 Å². The number of carbonyl (C=O) groups excluding carboxylic acids is 1. The van der Waals surface area contributed by atoms with Gasteiger partial charge in [0.05, 0.1) is 0 Å². The highest BCUT2D eigenvalue weighted by atomic mass is 32.1. The number of thiophene rings is 1. The molecule has 1 N–H and O–H groups in total. The fourth-order valence-electron chi connectivity index (χ4n) is 3.12. The van der Waals surface area contributed by atoms with Crippen molar-refractivity contribution in [3.8, 4) is 0 Å². The summed E-state index contributed by atoms with van der Waals surface area (Å²) in [5.74, 6) is 0.131. The zero-order valence-electron chi connectivity index (χ0n) is 14.3. The van der Waals surface area contributed by atoms with Crippen molar-refractivity contribution in [1.29, 1.82) is 0 Å². The van der Waals surface area contributed by atoms with Crippen LogP contribution in [0.4, 0.5) is 11.4 Å². The molecule has 1 atom stereocenters. The molecule has 2 aromatic rings. The molecule has 3 nitrogen and oxygen atoms in total. The van der Waals surface area contributed by atoms with E-state index in [4.69, 9.17) is 0 Å². The van der Waals surface area contributed by atoms with Gasteiger partial charge in [-0.05, 0) is 67.8 Å². The van der Waals surface area contributed by atoms with E-state index in [1.54, 1.807) is 11.3 Å². The molecular weight excluding hydrogens is 316 g/mol. The molecule has 0 bridgehead atoms. The van der Waals surface area contributed by atoms with Gasteiger partial charge in [-0.3, -0.25) is 4.79 Å². The fraction of sp³-hybridized carbons (Fsp3) is 0.450. The second kappa shape index (κ2) is 8.34. The maximum atomic E-state index is 12.3. The topological polar surface area (TPSA) is 32.3 Å². The Hall–Kier alpha value is -1.81. The van der Waals surface area contributed by atoms with Gasteiger partial charge < -0.3 is 10.2 Å².